The summed E-state index contributed by atoms with van der Waals surface area (Å²) in [6.07, 6.45) is -5.65. The first-order chi connectivity index (χ1) is 13.5. The Morgan fingerprint density at radius 2 is 1.55 bits per heavy atom. The molecule has 1 aliphatic heterocycles. The third-order valence-electron chi connectivity index (χ3n) is 5.01. The van der Waals surface area contributed by atoms with Crippen molar-refractivity contribution in [2.45, 2.75) is 30.8 Å². The molecule has 4 nitrogen and oxygen atoms in total. The lowest BCUT2D eigenvalue weighted by Gasteiger charge is -2.32. The van der Waals surface area contributed by atoms with E-state index in [9.17, 15) is 31.4 Å². The van der Waals surface area contributed by atoms with Crippen molar-refractivity contribution in [1.82, 2.24) is 14.5 Å². The molecule has 3 heterocycles. The van der Waals surface area contributed by atoms with E-state index in [4.69, 9.17) is 0 Å². The number of aromatic nitrogens is 3. The van der Waals surface area contributed by atoms with Gasteiger partial charge in [0.2, 0.25) is 0 Å². The molecule has 0 amide bonds. The predicted molar refractivity (Wildman–Crippen MR) is 90.2 cm³/mol. The highest BCUT2D eigenvalue weighted by molar-refractivity contribution is 5.67. The number of pyridine rings is 1. The normalized spacial score (nSPS) is 14.4. The minimum atomic E-state index is -5.96. The summed E-state index contributed by atoms with van der Waals surface area (Å²) in [6.45, 7) is 0. The molecule has 0 atom stereocenters. The molecule has 1 aromatic carbocycles. The molecular weight excluding hydrogens is 400 g/mol. The van der Waals surface area contributed by atoms with Gasteiger partial charge in [0, 0.05) is 41.1 Å². The van der Waals surface area contributed by atoms with E-state index in [-0.39, 0.29) is 5.56 Å². The number of nitrogens with zero attached hydrogens (tertiary/aromatic N) is 3. The van der Waals surface area contributed by atoms with Crippen LogP contribution in [0.15, 0.2) is 49.2 Å². The number of rotatable bonds is 2. The quantitative estimate of drug-likeness (QED) is 0.636. The van der Waals surface area contributed by atoms with E-state index in [0.717, 1.165) is 23.1 Å². The van der Waals surface area contributed by atoms with E-state index in [1.165, 1.54) is 0 Å². The van der Waals surface area contributed by atoms with Gasteiger partial charge in [0.05, 0.1) is 6.33 Å². The first-order valence-corrected chi connectivity index (χ1v) is 8.48. The van der Waals surface area contributed by atoms with Gasteiger partial charge in [-0.15, -0.1) is 0 Å². The van der Waals surface area contributed by atoms with E-state index in [2.05, 4.69) is 9.97 Å². The Morgan fingerprint density at radius 3 is 2.24 bits per heavy atom. The third-order valence-corrected chi connectivity index (χ3v) is 5.01. The van der Waals surface area contributed by atoms with Gasteiger partial charge < -0.3 is 9.67 Å². The monoisotopic (exact) mass is 413 g/mol. The number of imidazole rings is 1. The summed E-state index contributed by atoms with van der Waals surface area (Å²) < 4.78 is 80.8. The van der Waals surface area contributed by atoms with E-state index in [1.54, 1.807) is 30.7 Å². The molecule has 0 aliphatic carbocycles. The number of benzene rings is 1. The van der Waals surface area contributed by atoms with Crippen LogP contribution in [0.2, 0.25) is 0 Å². The van der Waals surface area contributed by atoms with Gasteiger partial charge in [-0.3, -0.25) is 4.98 Å². The van der Waals surface area contributed by atoms with Crippen LogP contribution in [0, 0.1) is 0 Å². The average Bonchev–Trinajstić information content (AvgIpc) is 3.14. The lowest BCUT2D eigenvalue weighted by Crippen LogP contribution is -2.54. The highest BCUT2D eigenvalue weighted by atomic mass is 19.4. The number of aryl methyl sites for hydroxylation is 2. The Hall–Kier alpha value is -2.88. The summed E-state index contributed by atoms with van der Waals surface area (Å²) in [5.41, 5.74) is -3.23. The van der Waals surface area contributed by atoms with Crippen LogP contribution >= 0.6 is 0 Å². The van der Waals surface area contributed by atoms with Crippen LogP contribution in [0.4, 0.5) is 26.3 Å². The van der Waals surface area contributed by atoms with Gasteiger partial charge in [-0.2, -0.15) is 26.3 Å². The highest BCUT2D eigenvalue weighted by Gasteiger charge is 2.71. The third kappa shape index (κ3) is 2.98. The number of alkyl halides is 6. The molecule has 4 rings (SSSR count). The predicted octanol–water partition coefficient (Wildman–Crippen LogP) is 4.35. The molecule has 0 spiro atoms. The number of hydrogen-bond donors (Lipinski definition) is 1. The molecule has 10 heteroatoms. The molecule has 0 fully saturated rings. The zero-order chi connectivity index (χ0) is 21.0. The summed E-state index contributed by atoms with van der Waals surface area (Å²) in [5.74, 6) is 0. The van der Waals surface area contributed by atoms with Crippen molar-refractivity contribution >= 4 is 0 Å². The van der Waals surface area contributed by atoms with E-state index < -0.39 is 23.5 Å². The topological polar surface area (TPSA) is 50.9 Å². The van der Waals surface area contributed by atoms with Gasteiger partial charge in [0.1, 0.15) is 0 Å². The SMILES string of the molecule is OC(c1cncc(-c2ccc3c(c2)CCc2cncn2-3)c1)(C(F)(F)F)C(F)(F)F. The van der Waals surface area contributed by atoms with Crippen LogP contribution in [-0.4, -0.2) is 32.0 Å². The maximum atomic E-state index is 13.1. The van der Waals surface area contributed by atoms with Crippen LogP contribution < -0.4 is 0 Å². The Bertz CT molecular complexity index is 1060. The molecule has 152 valence electrons. The molecule has 3 aromatic rings. The van der Waals surface area contributed by atoms with Gasteiger partial charge in [-0.05, 0) is 42.2 Å². The number of halogens is 6. The second-order valence-electron chi connectivity index (χ2n) is 6.77. The minimum Gasteiger partial charge on any atom is -0.369 e. The molecule has 0 saturated heterocycles. The molecule has 2 aromatic heterocycles. The Labute approximate surface area is 160 Å². The summed E-state index contributed by atoms with van der Waals surface area (Å²) in [6, 6.07) is 5.66. The number of hydrogen-bond acceptors (Lipinski definition) is 3. The van der Waals surface area contributed by atoms with Crippen LogP contribution in [0.1, 0.15) is 16.8 Å². The number of aliphatic hydroxyl groups is 1. The molecule has 0 saturated carbocycles. The first-order valence-electron chi connectivity index (χ1n) is 8.48. The zero-order valence-corrected chi connectivity index (χ0v) is 14.6. The summed E-state index contributed by atoms with van der Waals surface area (Å²) in [4.78, 5) is 7.60. The van der Waals surface area contributed by atoms with Gasteiger partial charge in [0.15, 0.2) is 0 Å². The molecule has 0 unspecified atom stereocenters. The van der Waals surface area contributed by atoms with E-state index in [1.807, 2.05) is 4.57 Å². The van der Waals surface area contributed by atoms with Crippen molar-refractivity contribution < 1.29 is 31.4 Å². The molecule has 1 aliphatic rings. The smallest absolute Gasteiger partial charge is 0.369 e. The van der Waals surface area contributed by atoms with Gasteiger partial charge >= 0.3 is 12.4 Å². The second kappa shape index (κ2) is 6.31. The van der Waals surface area contributed by atoms with Gasteiger partial charge in [0.25, 0.3) is 5.60 Å². The fraction of sp³-hybridized carbons (Fsp3) is 0.263. The lowest BCUT2D eigenvalue weighted by molar-refractivity contribution is -0.376. The standard InChI is InChI=1S/C19H13F6N3O/c20-18(21,22)17(29,19(23,24)25)14-6-13(7-26-8-14)11-2-4-16-12(5-11)1-3-15-9-27-10-28(15)16/h2,4-10,29H,1,3H2. The Kier molecular flexibility index (Phi) is 4.23. The van der Waals surface area contributed by atoms with Crippen LogP contribution in [0.5, 0.6) is 0 Å². The van der Waals surface area contributed by atoms with Crippen LogP contribution in [0.25, 0.3) is 16.8 Å². The average molecular weight is 413 g/mol. The fourth-order valence-electron chi connectivity index (χ4n) is 3.47. The van der Waals surface area contributed by atoms with E-state index in [0.29, 0.717) is 30.7 Å². The van der Waals surface area contributed by atoms with Crippen LogP contribution in [0.3, 0.4) is 0 Å². The van der Waals surface area contributed by atoms with Crippen LogP contribution in [-0.2, 0) is 18.4 Å². The van der Waals surface area contributed by atoms with E-state index >= 15 is 0 Å². The van der Waals surface area contributed by atoms with Crippen molar-refractivity contribution in [2.24, 2.45) is 0 Å². The zero-order valence-electron chi connectivity index (χ0n) is 14.6. The van der Waals surface area contributed by atoms with Crippen molar-refractivity contribution in [2.75, 3.05) is 0 Å². The highest BCUT2D eigenvalue weighted by Crippen LogP contribution is 2.50. The maximum absolute atomic E-state index is 13.1. The Balaban J connectivity index is 1.79. The largest absolute Gasteiger partial charge is 0.430 e. The summed E-state index contributed by atoms with van der Waals surface area (Å²) >= 11 is 0. The first kappa shape index (κ1) is 19.4. The maximum Gasteiger partial charge on any atom is 0.430 e. The van der Waals surface area contributed by atoms with Crippen molar-refractivity contribution in [3.8, 4) is 16.8 Å². The molecule has 1 N–H and O–H groups in total. The number of fused-ring (bicyclic) bond motifs is 3. The summed E-state index contributed by atoms with van der Waals surface area (Å²) in [7, 11) is 0. The minimum absolute atomic E-state index is 0.0358. The fourth-order valence-corrected chi connectivity index (χ4v) is 3.47. The molecular formula is C19H13F6N3O. The lowest BCUT2D eigenvalue weighted by atomic mass is 9.91. The molecule has 0 radical (unpaired) electrons. The molecule has 29 heavy (non-hydrogen) atoms. The van der Waals surface area contributed by atoms with Crippen molar-refractivity contribution in [3.63, 3.8) is 0 Å². The Morgan fingerprint density at radius 1 is 0.828 bits per heavy atom. The molecule has 0 bridgehead atoms. The van der Waals surface area contributed by atoms with Crippen molar-refractivity contribution in [1.29, 1.82) is 0 Å². The van der Waals surface area contributed by atoms with Gasteiger partial charge in [-0.1, -0.05) is 6.07 Å². The van der Waals surface area contributed by atoms with Gasteiger partial charge in [-0.25, -0.2) is 4.98 Å². The summed E-state index contributed by atoms with van der Waals surface area (Å²) in [5, 5.41) is 9.60. The van der Waals surface area contributed by atoms with Crippen molar-refractivity contribution in [3.05, 3.63) is 66.0 Å². The second-order valence-corrected chi connectivity index (χ2v) is 6.77.